The highest BCUT2D eigenvalue weighted by Crippen LogP contribution is 2.44. The van der Waals surface area contributed by atoms with E-state index in [1.165, 1.54) is 12.3 Å². The quantitative estimate of drug-likeness (QED) is 0.0217. The van der Waals surface area contributed by atoms with E-state index in [0.29, 0.717) is 84.2 Å². The second-order valence-corrected chi connectivity index (χ2v) is 16.5. The molecule has 3 aliphatic rings. The van der Waals surface area contributed by atoms with Gasteiger partial charge in [-0.15, -0.1) is 0 Å². The van der Waals surface area contributed by atoms with Gasteiger partial charge in [0, 0.05) is 43.3 Å². The van der Waals surface area contributed by atoms with Crippen LogP contribution in [0.3, 0.4) is 0 Å². The maximum absolute atomic E-state index is 12.8. The van der Waals surface area contributed by atoms with E-state index >= 15 is 0 Å². The van der Waals surface area contributed by atoms with Crippen LogP contribution in [0.2, 0.25) is 0 Å². The predicted octanol–water partition coefficient (Wildman–Crippen LogP) is -1.69. The Hall–Kier alpha value is -2.52. The van der Waals surface area contributed by atoms with E-state index in [2.05, 4.69) is 26.3 Å². The number of nitrogens with one attached hydrogen (secondary N) is 4. The zero-order valence-corrected chi connectivity index (χ0v) is 35.4. The number of aliphatic hydroxyl groups is 2. The first-order chi connectivity index (χ1) is 29.1. The maximum atomic E-state index is 12.8. The molecule has 23 nitrogen and oxygen atoms in total. The second kappa shape index (κ2) is 28.2. The first-order valence-electron chi connectivity index (χ1n) is 20.2. The lowest BCUT2D eigenvalue weighted by Gasteiger charge is -2.18. The number of hydrogen-bond donors (Lipinski definition) is 8. The second-order valence-electron chi connectivity index (χ2n) is 13.8. The van der Waals surface area contributed by atoms with Crippen molar-refractivity contribution in [3.63, 3.8) is 0 Å². The molecular weight excluding hydrogens is 837 g/mol. The highest BCUT2D eigenvalue weighted by molar-refractivity contribution is 8.00. The minimum atomic E-state index is -4.57. The van der Waals surface area contributed by atoms with Crippen LogP contribution in [0.15, 0.2) is 17.1 Å². The van der Waals surface area contributed by atoms with Gasteiger partial charge in [0.25, 0.3) is 0 Å². The summed E-state index contributed by atoms with van der Waals surface area (Å²) >= 11 is 1.87. The van der Waals surface area contributed by atoms with Crippen LogP contribution in [0.4, 0.5) is 10.6 Å². The number of aliphatic hydroxyl groups excluding tert-OH is 2. The minimum Gasteiger partial charge on any atom is -0.387 e. The molecule has 0 spiro atoms. The number of anilines is 1. The van der Waals surface area contributed by atoms with Gasteiger partial charge in [0.1, 0.15) is 24.1 Å². The molecule has 0 aliphatic carbocycles. The molecule has 0 radical (unpaired) electrons. The van der Waals surface area contributed by atoms with Crippen molar-refractivity contribution in [2.45, 2.75) is 67.6 Å². The normalized spacial score (nSPS) is 24.5. The third-order valence-electron chi connectivity index (χ3n) is 9.28. The number of thioether (sulfide) groups is 1. The Morgan fingerprint density at radius 1 is 0.883 bits per heavy atom. The average Bonchev–Trinajstić information content (AvgIpc) is 3.87. The van der Waals surface area contributed by atoms with E-state index in [-0.39, 0.29) is 62.9 Å². The third kappa shape index (κ3) is 18.4. The molecule has 4 heterocycles. The summed E-state index contributed by atoms with van der Waals surface area (Å²) in [7, 11) is -4.57. The predicted molar refractivity (Wildman–Crippen MR) is 216 cm³/mol. The number of ether oxygens (including phenoxy) is 7. The number of rotatable bonds is 34. The topological polar surface area (TPSA) is 304 Å². The molecule has 0 aromatic carbocycles. The van der Waals surface area contributed by atoms with Gasteiger partial charge in [-0.25, -0.2) is 14.2 Å². The van der Waals surface area contributed by atoms with Crippen molar-refractivity contribution >= 4 is 37.3 Å². The standard InChI is InChI=1S/C35H62N7O16PS/c36-6-10-50-13-16-53-17-18-54-19-20-55-21-22-56-59(48,49)57-23-26-31(44)32(45)33(58-26)42-9-5-28(40-35(42)47)37-7-11-51-14-15-52-12-8-38-29(43)4-2-1-3-27-30-25(24-60-27)39-34(46)41-30/h5,9,25-27,30-33,44-45H,1-4,6-8,10-24,36H2,(H,38,43)(H,48,49)(H,37,40,47)(H2,39,41,46)/t25-,26+,27-,30-,31+,32+,33+/m0/s1. The average molecular weight is 900 g/mol. The van der Waals surface area contributed by atoms with E-state index in [0.717, 1.165) is 29.6 Å². The summed E-state index contributed by atoms with van der Waals surface area (Å²) in [5.41, 5.74) is 4.54. The summed E-state index contributed by atoms with van der Waals surface area (Å²) in [6.45, 7) is 4.20. The van der Waals surface area contributed by atoms with Crippen molar-refractivity contribution in [1.29, 1.82) is 0 Å². The monoisotopic (exact) mass is 899 g/mol. The molecule has 0 saturated carbocycles. The number of nitrogens with two attached hydrogens (primary N) is 1. The molecule has 8 atom stereocenters. The molecule has 3 fully saturated rings. The largest absolute Gasteiger partial charge is 0.472 e. The number of unbranched alkanes of at least 4 members (excludes halogenated alkanes) is 1. The van der Waals surface area contributed by atoms with Crippen LogP contribution in [0, 0.1) is 0 Å². The van der Waals surface area contributed by atoms with Gasteiger partial charge in [-0.2, -0.15) is 16.7 Å². The summed E-state index contributed by atoms with van der Waals surface area (Å²) < 4.78 is 60.9. The van der Waals surface area contributed by atoms with Crippen molar-refractivity contribution in [3.05, 3.63) is 22.7 Å². The summed E-state index contributed by atoms with van der Waals surface area (Å²) in [5, 5.41) is 33.2. The van der Waals surface area contributed by atoms with Crippen molar-refractivity contribution in [1.82, 2.24) is 25.5 Å². The fraction of sp³-hybridized carbons (Fsp3) is 0.829. The number of urea groups is 1. The zero-order valence-electron chi connectivity index (χ0n) is 33.7. The number of amides is 3. The number of phosphoric ester groups is 1. The molecular formula is C35H62N7O16PS. The Labute approximate surface area is 352 Å². The summed E-state index contributed by atoms with van der Waals surface area (Å²) in [6, 6.07) is 1.77. The Kier molecular flexibility index (Phi) is 23.6. The third-order valence-corrected chi connectivity index (χ3v) is 11.8. The van der Waals surface area contributed by atoms with E-state index in [1.54, 1.807) is 0 Å². The van der Waals surface area contributed by atoms with Gasteiger partial charge in [0.15, 0.2) is 6.23 Å². The van der Waals surface area contributed by atoms with Crippen molar-refractivity contribution in [2.24, 2.45) is 5.73 Å². The van der Waals surface area contributed by atoms with Crippen molar-refractivity contribution in [2.75, 3.05) is 123 Å². The number of hydrogen-bond acceptors (Lipinski definition) is 19. The molecule has 0 bridgehead atoms. The Morgan fingerprint density at radius 2 is 1.52 bits per heavy atom. The molecule has 1 aromatic rings. The van der Waals surface area contributed by atoms with Gasteiger partial charge in [-0.05, 0) is 18.9 Å². The molecule has 344 valence electrons. The van der Waals surface area contributed by atoms with Crippen LogP contribution in [0.25, 0.3) is 0 Å². The first-order valence-corrected chi connectivity index (χ1v) is 22.7. The number of aromatic nitrogens is 2. The number of carbonyl (C=O) groups is 2. The van der Waals surface area contributed by atoms with E-state index in [4.69, 9.17) is 47.9 Å². The van der Waals surface area contributed by atoms with E-state index in [1.807, 2.05) is 11.8 Å². The van der Waals surface area contributed by atoms with Crippen LogP contribution in [-0.4, -0.2) is 190 Å². The molecule has 9 N–H and O–H groups in total. The van der Waals surface area contributed by atoms with Crippen LogP contribution < -0.4 is 32.7 Å². The SMILES string of the molecule is NCCOCCOCCOCCOCCOP(=O)(O)OC[C@H]1O[C@@H](n2ccc(NCCOCCOCCNC(=O)CCCC[C@@H]3SC[C@@H]4NC(=O)N[C@@H]43)nc2=O)[C@H](O)[C@@H]1O. The highest BCUT2D eigenvalue weighted by Gasteiger charge is 2.45. The molecule has 1 aromatic heterocycles. The maximum Gasteiger partial charge on any atom is 0.472 e. The molecule has 3 aliphatic heterocycles. The molecule has 3 amide bonds. The number of carbonyl (C=O) groups excluding carboxylic acids is 2. The Bertz CT molecular complexity index is 1510. The highest BCUT2D eigenvalue weighted by atomic mass is 32.2. The number of fused-ring (bicyclic) bond motifs is 1. The zero-order chi connectivity index (χ0) is 43.0. The van der Waals surface area contributed by atoms with E-state index < -0.39 is 44.7 Å². The van der Waals surface area contributed by atoms with Gasteiger partial charge < -0.3 is 75.3 Å². The summed E-state index contributed by atoms with van der Waals surface area (Å²) in [4.78, 5) is 50.3. The molecule has 1 unspecified atom stereocenters. The van der Waals surface area contributed by atoms with Gasteiger partial charge >= 0.3 is 19.5 Å². The van der Waals surface area contributed by atoms with Crippen LogP contribution in [-0.2, 0) is 51.6 Å². The fourth-order valence-electron chi connectivity index (χ4n) is 6.26. The lowest BCUT2D eigenvalue weighted by Crippen LogP contribution is -2.36. The molecule has 4 rings (SSSR count). The van der Waals surface area contributed by atoms with Gasteiger partial charge in [0.05, 0.1) is 105 Å². The summed E-state index contributed by atoms with van der Waals surface area (Å²) in [6.07, 6.45) is -1.27. The molecule has 25 heteroatoms. The van der Waals surface area contributed by atoms with Crippen LogP contribution in [0.5, 0.6) is 0 Å². The van der Waals surface area contributed by atoms with Gasteiger partial charge in [-0.1, -0.05) is 6.42 Å². The number of nitrogens with zero attached hydrogens (tertiary/aromatic N) is 2. The van der Waals surface area contributed by atoms with E-state index in [9.17, 15) is 34.1 Å². The lowest BCUT2D eigenvalue weighted by molar-refractivity contribution is -0.121. The smallest absolute Gasteiger partial charge is 0.387 e. The Balaban J connectivity index is 0.972. The fourth-order valence-corrected chi connectivity index (χ4v) is 8.52. The lowest BCUT2D eigenvalue weighted by atomic mass is 10.0. The van der Waals surface area contributed by atoms with Crippen LogP contribution in [0.1, 0.15) is 31.9 Å². The number of phosphoric acid groups is 1. The van der Waals surface area contributed by atoms with Gasteiger partial charge in [0.2, 0.25) is 5.91 Å². The summed E-state index contributed by atoms with van der Waals surface area (Å²) in [5.74, 6) is 1.14. The van der Waals surface area contributed by atoms with Crippen LogP contribution >= 0.6 is 19.6 Å². The Morgan fingerprint density at radius 3 is 2.18 bits per heavy atom. The molecule has 3 saturated heterocycles. The van der Waals surface area contributed by atoms with Crippen molar-refractivity contribution < 1.29 is 71.5 Å². The van der Waals surface area contributed by atoms with Crippen molar-refractivity contribution in [3.8, 4) is 0 Å². The van der Waals surface area contributed by atoms with Gasteiger partial charge in [-0.3, -0.25) is 18.4 Å². The first kappa shape index (κ1) is 50.1. The minimum absolute atomic E-state index is 0.0197. The molecule has 60 heavy (non-hydrogen) atoms.